The van der Waals surface area contributed by atoms with Gasteiger partial charge in [-0.25, -0.2) is 0 Å². The molecule has 0 aromatic carbocycles. The minimum atomic E-state index is -0.891. The van der Waals surface area contributed by atoms with Crippen molar-refractivity contribution in [3.05, 3.63) is 0 Å². The number of esters is 1. The van der Waals surface area contributed by atoms with Gasteiger partial charge in [0.1, 0.15) is 0 Å². The summed E-state index contributed by atoms with van der Waals surface area (Å²) < 4.78 is 10.7. The maximum atomic E-state index is 11.6. The number of ether oxygens (including phenoxy) is 2. The summed E-state index contributed by atoms with van der Waals surface area (Å²) >= 11 is 0. The van der Waals surface area contributed by atoms with E-state index in [9.17, 15) is 9.59 Å². The van der Waals surface area contributed by atoms with Crippen LogP contribution in [0.3, 0.4) is 0 Å². The van der Waals surface area contributed by atoms with E-state index in [-0.39, 0.29) is 12.0 Å². The lowest BCUT2D eigenvalue weighted by molar-refractivity contribution is -0.152. The zero-order valence-corrected chi connectivity index (χ0v) is 13.4. The number of carboxylic acid groups (broad SMARTS) is 1. The SMILES string of the molecule is CC(C)(C)OCCCCOC(=O)CC(CC1CC1)C(=O)O. The van der Waals surface area contributed by atoms with Gasteiger partial charge in [0.25, 0.3) is 0 Å². The highest BCUT2D eigenvalue weighted by atomic mass is 16.5. The number of aliphatic carboxylic acids is 1. The van der Waals surface area contributed by atoms with Crippen molar-refractivity contribution in [2.75, 3.05) is 13.2 Å². The minimum absolute atomic E-state index is 0.00960. The van der Waals surface area contributed by atoms with Gasteiger partial charge in [-0.3, -0.25) is 9.59 Å². The average Bonchev–Trinajstić information content (AvgIpc) is 3.15. The summed E-state index contributed by atoms with van der Waals surface area (Å²) in [6, 6.07) is 0. The Labute approximate surface area is 127 Å². The Kier molecular flexibility index (Phi) is 7.15. The van der Waals surface area contributed by atoms with E-state index < -0.39 is 17.9 Å². The number of rotatable bonds is 10. The largest absolute Gasteiger partial charge is 0.481 e. The van der Waals surface area contributed by atoms with E-state index in [1.807, 2.05) is 20.8 Å². The lowest BCUT2D eigenvalue weighted by atomic mass is 9.99. The van der Waals surface area contributed by atoms with Crippen LogP contribution in [0.25, 0.3) is 0 Å². The highest BCUT2D eigenvalue weighted by Crippen LogP contribution is 2.36. The van der Waals surface area contributed by atoms with Crippen LogP contribution < -0.4 is 0 Å². The van der Waals surface area contributed by atoms with Gasteiger partial charge in [-0.2, -0.15) is 0 Å². The third kappa shape index (κ3) is 9.45. The molecule has 1 saturated carbocycles. The molecule has 21 heavy (non-hydrogen) atoms. The lowest BCUT2D eigenvalue weighted by Gasteiger charge is -2.19. The Morgan fingerprint density at radius 3 is 2.33 bits per heavy atom. The first-order valence-corrected chi connectivity index (χ1v) is 7.80. The first kappa shape index (κ1) is 18.0. The van der Waals surface area contributed by atoms with Gasteiger partial charge in [-0.05, 0) is 46.0 Å². The molecule has 0 saturated heterocycles. The van der Waals surface area contributed by atoms with Gasteiger partial charge in [0, 0.05) is 6.61 Å². The minimum Gasteiger partial charge on any atom is -0.481 e. The van der Waals surface area contributed by atoms with Crippen LogP contribution in [0.15, 0.2) is 0 Å². The van der Waals surface area contributed by atoms with Gasteiger partial charge < -0.3 is 14.6 Å². The van der Waals surface area contributed by atoms with Gasteiger partial charge in [0.05, 0.1) is 24.5 Å². The van der Waals surface area contributed by atoms with Crippen molar-refractivity contribution >= 4 is 11.9 Å². The van der Waals surface area contributed by atoms with Gasteiger partial charge in [-0.15, -0.1) is 0 Å². The molecule has 0 radical (unpaired) electrons. The molecule has 5 heteroatoms. The third-order valence-electron chi connectivity index (χ3n) is 3.41. The summed E-state index contributed by atoms with van der Waals surface area (Å²) in [7, 11) is 0. The second-order valence-corrected chi connectivity index (χ2v) is 6.81. The number of unbranched alkanes of at least 4 members (excludes halogenated alkanes) is 1. The molecule has 1 rings (SSSR count). The fraction of sp³-hybridized carbons (Fsp3) is 0.875. The molecule has 0 amide bonds. The molecule has 1 fully saturated rings. The lowest BCUT2D eigenvalue weighted by Crippen LogP contribution is -2.21. The highest BCUT2D eigenvalue weighted by Gasteiger charge is 2.30. The van der Waals surface area contributed by atoms with Crippen LogP contribution in [0.5, 0.6) is 0 Å². The summed E-state index contributed by atoms with van der Waals surface area (Å²) in [5, 5.41) is 9.09. The number of hydrogen-bond donors (Lipinski definition) is 1. The molecule has 0 heterocycles. The van der Waals surface area contributed by atoms with Crippen LogP contribution in [0.4, 0.5) is 0 Å². The molecule has 1 atom stereocenters. The Balaban J connectivity index is 2.08. The van der Waals surface area contributed by atoms with E-state index in [0.29, 0.717) is 25.6 Å². The van der Waals surface area contributed by atoms with E-state index in [1.165, 1.54) is 0 Å². The van der Waals surface area contributed by atoms with Crippen LogP contribution in [-0.4, -0.2) is 35.9 Å². The first-order chi connectivity index (χ1) is 9.78. The molecule has 0 aliphatic heterocycles. The fourth-order valence-electron chi connectivity index (χ4n) is 2.06. The maximum absolute atomic E-state index is 11.6. The van der Waals surface area contributed by atoms with Crippen molar-refractivity contribution in [1.82, 2.24) is 0 Å². The molecule has 1 aliphatic rings. The summed E-state index contributed by atoms with van der Waals surface area (Å²) in [5.74, 6) is -1.39. The summed E-state index contributed by atoms with van der Waals surface area (Å²) in [6.45, 7) is 6.97. The molecule has 5 nitrogen and oxygen atoms in total. The van der Waals surface area contributed by atoms with Crippen LogP contribution in [0.1, 0.15) is 59.3 Å². The number of carbonyl (C=O) groups is 2. The molecular formula is C16H28O5. The summed E-state index contributed by atoms with van der Waals surface area (Å²) in [4.78, 5) is 22.7. The zero-order chi connectivity index (χ0) is 15.9. The second kappa shape index (κ2) is 8.37. The van der Waals surface area contributed by atoms with Gasteiger partial charge in [0.2, 0.25) is 0 Å². The molecule has 122 valence electrons. The third-order valence-corrected chi connectivity index (χ3v) is 3.41. The number of carbonyl (C=O) groups excluding carboxylic acids is 1. The quantitative estimate of drug-likeness (QED) is 0.496. The molecule has 1 N–H and O–H groups in total. The molecule has 0 aromatic heterocycles. The van der Waals surface area contributed by atoms with Crippen molar-refractivity contribution in [3.8, 4) is 0 Å². The second-order valence-electron chi connectivity index (χ2n) is 6.81. The standard InChI is InChI=1S/C16H28O5/c1-16(2,3)21-9-5-4-8-20-14(17)11-13(15(18)19)10-12-6-7-12/h12-13H,4-11H2,1-3H3,(H,18,19). The molecule has 0 aromatic rings. The zero-order valence-electron chi connectivity index (χ0n) is 13.4. The molecule has 1 aliphatic carbocycles. The van der Waals surface area contributed by atoms with Crippen LogP contribution >= 0.6 is 0 Å². The van der Waals surface area contributed by atoms with Gasteiger partial charge >= 0.3 is 11.9 Å². The fourth-order valence-corrected chi connectivity index (χ4v) is 2.06. The topological polar surface area (TPSA) is 72.8 Å². The Bertz CT molecular complexity index is 341. The van der Waals surface area contributed by atoms with Crippen molar-refractivity contribution in [1.29, 1.82) is 0 Å². The predicted molar refractivity (Wildman–Crippen MR) is 79.0 cm³/mol. The van der Waals surface area contributed by atoms with Crippen LogP contribution in [-0.2, 0) is 19.1 Å². The Morgan fingerprint density at radius 1 is 1.19 bits per heavy atom. The summed E-state index contributed by atoms with van der Waals surface area (Å²) in [5.41, 5.74) is -0.145. The maximum Gasteiger partial charge on any atom is 0.307 e. The van der Waals surface area contributed by atoms with Gasteiger partial charge in [0.15, 0.2) is 0 Å². The first-order valence-electron chi connectivity index (χ1n) is 7.80. The van der Waals surface area contributed by atoms with Crippen LogP contribution in [0, 0.1) is 11.8 Å². The predicted octanol–water partition coefficient (Wildman–Crippen LogP) is 3.02. The molecule has 1 unspecified atom stereocenters. The van der Waals surface area contributed by atoms with Crippen molar-refractivity contribution < 1.29 is 24.2 Å². The Morgan fingerprint density at radius 2 is 1.81 bits per heavy atom. The van der Waals surface area contributed by atoms with E-state index in [2.05, 4.69) is 0 Å². The molecule has 0 spiro atoms. The smallest absolute Gasteiger partial charge is 0.307 e. The number of hydrogen-bond acceptors (Lipinski definition) is 4. The van der Waals surface area contributed by atoms with Crippen molar-refractivity contribution in [3.63, 3.8) is 0 Å². The van der Waals surface area contributed by atoms with E-state index in [4.69, 9.17) is 14.6 Å². The van der Waals surface area contributed by atoms with E-state index in [1.54, 1.807) is 0 Å². The van der Waals surface area contributed by atoms with Crippen molar-refractivity contribution in [2.45, 2.75) is 64.9 Å². The van der Waals surface area contributed by atoms with E-state index >= 15 is 0 Å². The monoisotopic (exact) mass is 300 g/mol. The van der Waals surface area contributed by atoms with Gasteiger partial charge in [-0.1, -0.05) is 12.8 Å². The summed E-state index contributed by atoms with van der Waals surface area (Å²) in [6.07, 6.45) is 4.34. The normalized spacial score (nSPS) is 16.5. The molecule has 0 bridgehead atoms. The van der Waals surface area contributed by atoms with Crippen molar-refractivity contribution in [2.24, 2.45) is 11.8 Å². The number of carboxylic acids is 1. The molecular weight excluding hydrogens is 272 g/mol. The van der Waals surface area contributed by atoms with E-state index in [0.717, 1.165) is 25.7 Å². The Hall–Kier alpha value is -1.10. The highest BCUT2D eigenvalue weighted by molar-refractivity contribution is 5.78. The van der Waals surface area contributed by atoms with Crippen LogP contribution in [0.2, 0.25) is 0 Å². The average molecular weight is 300 g/mol.